The molecular formula is C20H21Cl3SiTi. The molecule has 0 saturated heterocycles. The van der Waals surface area contributed by atoms with E-state index in [1.807, 2.05) is 0 Å². The summed E-state index contributed by atoms with van der Waals surface area (Å²) in [6.45, 7) is 4.90. The van der Waals surface area contributed by atoms with E-state index < -0.39 is 8.07 Å². The Morgan fingerprint density at radius 3 is 1.80 bits per heavy atom. The van der Waals surface area contributed by atoms with Crippen molar-refractivity contribution in [1.82, 2.24) is 0 Å². The summed E-state index contributed by atoms with van der Waals surface area (Å²) in [6, 6.07) is 28.6. The van der Waals surface area contributed by atoms with E-state index in [0.717, 1.165) is 6.42 Å². The van der Waals surface area contributed by atoms with Crippen LogP contribution in [0.1, 0.15) is 11.1 Å². The first-order valence-corrected chi connectivity index (χ1v) is 10.5. The van der Waals surface area contributed by atoms with Crippen molar-refractivity contribution in [3.63, 3.8) is 0 Å². The van der Waals surface area contributed by atoms with Crippen LogP contribution >= 0.6 is 0 Å². The average molecular weight is 444 g/mol. The van der Waals surface area contributed by atoms with Gasteiger partial charge in [-0.25, -0.2) is 12.1 Å². The van der Waals surface area contributed by atoms with Crippen LogP contribution < -0.4 is 47.6 Å². The standard InChI is InChI=1S/C20H21Si.3ClH.Ti/c1-21(2,19-13-7-4-8-14-19)20-15-9-12-18(20)16-17-10-5-3-6-11-17;;;;/h3-15H,16H2,1-2H3;3*1H;/q-1;;;;+4/p-3. The van der Waals surface area contributed by atoms with Gasteiger partial charge in [-0.15, -0.1) is 0 Å². The zero-order valence-electron chi connectivity index (χ0n) is 14.3. The fourth-order valence-corrected chi connectivity index (χ4v) is 5.87. The van der Waals surface area contributed by atoms with Gasteiger partial charge in [0, 0.05) is 0 Å². The number of hydrogen-bond donors (Lipinski definition) is 0. The molecule has 0 spiro atoms. The van der Waals surface area contributed by atoms with Gasteiger partial charge in [0.2, 0.25) is 0 Å². The van der Waals surface area contributed by atoms with Gasteiger partial charge in [-0.1, -0.05) is 78.9 Å². The van der Waals surface area contributed by atoms with Crippen LogP contribution in [-0.4, -0.2) is 8.07 Å². The third-order valence-electron chi connectivity index (χ3n) is 4.31. The van der Waals surface area contributed by atoms with Crippen molar-refractivity contribution in [3.05, 3.63) is 90.0 Å². The van der Waals surface area contributed by atoms with Crippen LogP contribution in [0.3, 0.4) is 0 Å². The van der Waals surface area contributed by atoms with Crippen LogP contribution in [0.5, 0.6) is 0 Å². The minimum Gasteiger partial charge on any atom is -1.00 e. The van der Waals surface area contributed by atoms with Gasteiger partial charge in [-0.2, -0.15) is 16.8 Å². The van der Waals surface area contributed by atoms with E-state index in [1.54, 1.807) is 5.19 Å². The van der Waals surface area contributed by atoms with E-state index in [0.29, 0.717) is 0 Å². The van der Waals surface area contributed by atoms with Crippen LogP contribution in [0.15, 0.2) is 78.9 Å². The topological polar surface area (TPSA) is 0 Å². The van der Waals surface area contributed by atoms with E-state index in [2.05, 4.69) is 92.0 Å². The second-order valence-corrected chi connectivity index (χ2v) is 10.5. The molecule has 0 atom stereocenters. The van der Waals surface area contributed by atoms with Crippen LogP contribution in [-0.2, 0) is 28.1 Å². The fourth-order valence-electron chi connectivity index (χ4n) is 3.05. The molecule has 0 fully saturated rings. The second kappa shape index (κ2) is 12.1. The monoisotopic (exact) mass is 442 g/mol. The molecule has 0 aliphatic heterocycles. The molecule has 0 radical (unpaired) electrons. The molecule has 25 heavy (non-hydrogen) atoms. The van der Waals surface area contributed by atoms with Crippen LogP contribution in [0.4, 0.5) is 0 Å². The number of rotatable bonds is 4. The third kappa shape index (κ3) is 6.36. The van der Waals surface area contributed by atoms with Gasteiger partial charge >= 0.3 is 21.7 Å². The van der Waals surface area contributed by atoms with E-state index in [-0.39, 0.29) is 58.9 Å². The van der Waals surface area contributed by atoms with Crippen LogP contribution in [0.25, 0.3) is 0 Å². The van der Waals surface area contributed by atoms with Gasteiger partial charge in [-0.05, 0) is 12.0 Å². The summed E-state index contributed by atoms with van der Waals surface area (Å²) < 4.78 is 0. The Balaban J connectivity index is 0. The molecule has 0 nitrogen and oxygen atoms in total. The van der Waals surface area contributed by atoms with E-state index in [9.17, 15) is 0 Å². The molecule has 0 amide bonds. The number of benzene rings is 2. The molecule has 0 aliphatic rings. The predicted octanol–water partition coefficient (Wildman–Crippen LogP) is -5.17. The van der Waals surface area contributed by atoms with Gasteiger partial charge in [-0.3, -0.25) is 0 Å². The largest absolute Gasteiger partial charge is 4.00 e. The molecule has 0 N–H and O–H groups in total. The SMILES string of the molecule is C[Si](C)(c1ccccc1)[c-]1cccc1Cc1ccccc1.[Cl-].[Cl-].[Cl-].[Ti+4]. The van der Waals surface area contributed by atoms with Crippen molar-refractivity contribution in [2.75, 3.05) is 0 Å². The Morgan fingerprint density at radius 2 is 1.24 bits per heavy atom. The van der Waals surface area contributed by atoms with E-state index >= 15 is 0 Å². The minimum atomic E-state index is -1.60. The summed E-state index contributed by atoms with van der Waals surface area (Å²) in [5.74, 6) is 0. The van der Waals surface area contributed by atoms with Crippen molar-refractivity contribution in [3.8, 4) is 0 Å². The molecular weight excluding hydrogens is 423 g/mol. The summed E-state index contributed by atoms with van der Waals surface area (Å²) in [6.07, 6.45) is 1.03. The van der Waals surface area contributed by atoms with E-state index in [1.165, 1.54) is 16.3 Å². The zero-order chi connectivity index (χ0) is 14.7. The molecule has 0 aliphatic carbocycles. The first-order chi connectivity index (χ1) is 10.2. The second-order valence-electron chi connectivity index (χ2n) is 6.12. The van der Waals surface area contributed by atoms with Gasteiger partial charge in [0.15, 0.2) is 0 Å². The smallest absolute Gasteiger partial charge is 1.00 e. The number of hydrogen-bond acceptors (Lipinski definition) is 0. The summed E-state index contributed by atoms with van der Waals surface area (Å²) in [4.78, 5) is 0. The zero-order valence-corrected chi connectivity index (χ0v) is 19.2. The number of halogens is 3. The summed E-state index contributed by atoms with van der Waals surface area (Å²) in [5, 5.41) is 3.07. The van der Waals surface area contributed by atoms with Crippen molar-refractivity contribution >= 4 is 18.4 Å². The summed E-state index contributed by atoms with van der Waals surface area (Å²) in [5.41, 5.74) is 2.88. The van der Waals surface area contributed by atoms with Gasteiger partial charge in [0.1, 0.15) is 0 Å². The predicted molar refractivity (Wildman–Crippen MR) is 94.5 cm³/mol. The first-order valence-electron chi connectivity index (χ1n) is 7.52. The molecule has 130 valence electrons. The molecule has 3 rings (SSSR count). The normalized spacial score (nSPS) is 9.68. The molecule has 0 heterocycles. The molecule has 3 aromatic rings. The average Bonchev–Trinajstić information content (AvgIpc) is 2.98. The Hall–Kier alpha value is -0.409. The van der Waals surface area contributed by atoms with Crippen molar-refractivity contribution in [1.29, 1.82) is 0 Å². The van der Waals surface area contributed by atoms with Crippen LogP contribution in [0.2, 0.25) is 13.1 Å². The quantitative estimate of drug-likeness (QED) is 0.280. The van der Waals surface area contributed by atoms with Gasteiger partial charge < -0.3 is 37.2 Å². The maximum absolute atomic E-state index is 2.45. The Kier molecular flexibility index (Phi) is 12.9. The first kappa shape index (κ1) is 26.8. The van der Waals surface area contributed by atoms with E-state index in [4.69, 9.17) is 0 Å². The molecule has 0 saturated carbocycles. The van der Waals surface area contributed by atoms with Gasteiger partial charge in [0.05, 0.1) is 8.07 Å². The summed E-state index contributed by atoms with van der Waals surface area (Å²) in [7, 11) is -1.60. The minimum absolute atomic E-state index is 0. The maximum atomic E-state index is 2.45. The Bertz CT molecular complexity index is 712. The molecule has 0 aromatic heterocycles. The van der Waals surface area contributed by atoms with Crippen LogP contribution in [0, 0.1) is 0 Å². The molecule has 0 unspecified atom stereocenters. The van der Waals surface area contributed by atoms with Crippen molar-refractivity contribution in [2.24, 2.45) is 0 Å². The Labute approximate surface area is 185 Å². The molecule has 0 bridgehead atoms. The van der Waals surface area contributed by atoms with Crippen molar-refractivity contribution < 1.29 is 58.9 Å². The van der Waals surface area contributed by atoms with Crippen molar-refractivity contribution in [2.45, 2.75) is 19.5 Å². The fraction of sp³-hybridized carbons (Fsp3) is 0.150. The third-order valence-corrected chi connectivity index (χ3v) is 7.92. The summed E-state index contributed by atoms with van der Waals surface area (Å²) >= 11 is 0. The Morgan fingerprint density at radius 1 is 0.720 bits per heavy atom. The van der Waals surface area contributed by atoms with Gasteiger partial charge in [0.25, 0.3) is 0 Å². The molecule has 5 heteroatoms. The molecule has 3 aromatic carbocycles. The maximum Gasteiger partial charge on any atom is 4.00 e.